The lowest BCUT2D eigenvalue weighted by Crippen LogP contribution is -2.42. The van der Waals surface area contributed by atoms with E-state index in [-0.39, 0.29) is 5.56 Å². The molecule has 0 bridgehead atoms. The molecule has 19 heavy (non-hydrogen) atoms. The normalized spacial score (nSPS) is 24.6. The number of halogens is 2. The van der Waals surface area contributed by atoms with Crippen LogP contribution in [0.2, 0.25) is 0 Å². The topological polar surface area (TPSA) is 21.3 Å². The van der Waals surface area contributed by atoms with Gasteiger partial charge in [-0.05, 0) is 44.9 Å². The Bertz CT molecular complexity index is 410. The summed E-state index contributed by atoms with van der Waals surface area (Å²) < 4.78 is 33.8. The molecule has 0 saturated carbocycles. The fourth-order valence-corrected chi connectivity index (χ4v) is 2.73. The highest BCUT2D eigenvalue weighted by Crippen LogP contribution is 2.39. The van der Waals surface area contributed by atoms with Crippen LogP contribution in [0.4, 0.5) is 8.78 Å². The van der Waals surface area contributed by atoms with Crippen molar-refractivity contribution in [1.82, 2.24) is 5.32 Å². The van der Waals surface area contributed by atoms with Gasteiger partial charge in [-0.2, -0.15) is 0 Å². The van der Waals surface area contributed by atoms with Gasteiger partial charge in [0.25, 0.3) is 0 Å². The lowest BCUT2D eigenvalue weighted by atomic mass is 9.87. The molecule has 4 heteroatoms. The summed E-state index contributed by atoms with van der Waals surface area (Å²) in [7, 11) is 0. The molecular weight excluding hydrogens is 248 g/mol. The zero-order valence-electron chi connectivity index (χ0n) is 11.5. The summed E-state index contributed by atoms with van der Waals surface area (Å²) in [5.74, 6) is -1.02. The van der Waals surface area contributed by atoms with E-state index in [1.54, 1.807) is 0 Å². The molecule has 2 atom stereocenters. The van der Waals surface area contributed by atoms with Crippen LogP contribution < -0.4 is 5.32 Å². The fourth-order valence-electron chi connectivity index (χ4n) is 2.73. The molecule has 2 unspecified atom stereocenters. The van der Waals surface area contributed by atoms with Gasteiger partial charge in [0.05, 0.1) is 11.6 Å². The Balaban J connectivity index is 2.36. The second kappa shape index (κ2) is 5.97. The van der Waals surface area contributed by atoms with Crippen molar-refractivity contribution < 1.29 is 13.5 Å². The van der Waals surface area contributed by atoms with Crippen LogP contribution in [0, 0.1) is 11.6 Å². The van der Waals surface area contributed by atoms with E-state index in [9.17, 15) is 8.78 Å². The highest BCUT2D eigenvalue weighted by atomic mass is 19.1. The quantitative estimate of drug-likeness (QED) is 0.882. The third kappa shape index (κ3) is 2.95. The molecule has 1 N–H and O–H groups in total. The van der Waals surface area contributed by atoms with Crippen LogP contribution in [0.25, 0.3) is 0 Å². The first kappa shape index (κ1) is 14.4. The first-order valence-electron chi connectivity index (χ1n) is 6.90. The van der Waals surface area contributed by atoms with Gasteiger partial charge in [-0.1, -0.05) is 13.0 Å². The highest BCUT2D eigenvalue weighted by molar-refractivity contribution is 5.26. The van der Waals surface area contributed by atoms with Gasteiger partial charge in [0.1, 0.15) is 11.6 Å². The smallest absolute Gasteiger partial charge is 0.131 e. The number of nitrogens with one attached hydrogen (secondary N) is 1. The average Bonchev–Trinajstić information content (AvgIpc) is 2.81. The van der Waals surface area contributed by atoms with E-state index < -0.39 is 23.3 Å². The molecule has 106 valence electrons. The van der Waals surface area contributed by atoms with Crippen LogP contribution in [-0.4, -0.2) is 18.8 Å². The minimum Gasteiger partial charge on any atom is -0.373 e. The molecule has 0 radical (unpaired) electrons. The molecule has 2 nitrogen and oxygen atoms in total. The highest BCUT2D eigenvalue weighted by Gasteiger charge is 2.41. The van der Waals surface area contributed by atoms with E-state index in [0.29, 0.717) is 13.2 Å². The van der Waals surface area contributed by atoms with Gasteiger partial charge in [0.15, 0.2) is 0 Å². The molecule has 1 fully saturated rings. The van der Waals surface area contributed by atoms with Crippen molar-refractivity contribution in [3.05, 3.63) is 35.4 Å². The van der Waals surface area contributed by atoms with Crippen molar-refractivity contribution in [3.63, 3.8) is 0 Å². The summed E-state index contributed by atoms with van der Waals surface area (Å²) in [6, 6.07) is 3.55. The van der Waals surface area contributed by atoms with Gasteiger partial charge in [0.2, 0.25) is 0 Å². The molecule has 1 aliphatic rings. The third-order valence-electron chi connectivity index (χ3n) is 3.75. The molecule has 0 amide bonds. The second-order valence-electron chi connectivity index (χ2n) is 5.29. The molecule has 1 aliphatic heterocycles. The van der Waals surface area contributed by atoms with Crippen LogP contribution in [0.5, 0.6) is 0 Å². The van der Waals surface area contributed by atoms with Crippen LogP contribution in [-0.2, 0) is 4.74 Å². The first-order chi connectivity index (χ1) is 9.08. The molecule has 1 heterocycles. The van der Waals surface area contributed by atoms with Crippen LogP contribution in [0.1, 0.15) is 44.7 Å². The van der Waals surface area contributed by atoms with Gasteiger partial charge < -0.3 is 10.1 Å². The summed E-state index contributed by atoms with van der Waals surface area (Å²) in [6.45, 7) is 5.31. The zero-order chi connectivity index (χ0) is 13.9. The Morgan fingerprint density at radius 2 is 2.05 bits per heavy atom. The van der Waals surface area contributed by atoms with Crippen LogP contribution in [0.15, 0.2) is 18.2 Å². The Hall–Kier alpha value is -1.00. The van der Waals surface area contributed by atoms with Crippen molar-refractivity contribution >= 4 is 0 Å². The molecule has 1 aromatic carbocycles. The summed E-state index contributed by atoms with van der Waals surface area (Å²) in [5, 5.41) is 3.24. The molecule has 1 saturated heterocycles. The van der Waals surface area contributed by atoms with E-state index in [2.05, 4.69) is 5.32 Å². The number of benzene rings is 1. The molecule has 0 aromatic heterocycles. The number of rotatable bonds is 5. The minimum absolute atomic E-state index is 0.0975. The lowest BCUT2D eigenvalue weighted by molar-refractivity contribution is -0.0143. The van der Waals surface area contributed by atoms with Crippen molar-refractivity contribution in [2.45, 2.75) is 44.8 Å². The minimum atomic E-state index is -0.543. The zero-order valence-corrected chi connectivity index (χ0v) is 11.5. The predicted molar refractivity (Wildman–Crippen MR) is 71.0 cm³/mol. The fraction of sp³-hybridized carbons (Fsp3) is 0.600. The summed E-state index contributed by atoms with van der Waals surface area (Å²) >= 11 is 0. The number of ether oxygens (including phenoxy) is 1. The maximum absolute atomic E-state index is 14.0. The predicted octanol–water partition coefficient (Wildman–Crippen LogP) is 3.57. The van der Waals surface area contributed by atoms with Gasteiger partial charge >= 0.3 is 0 Å². The maximum atomic E-state index is 14.0. The van der Waals surface area contributed by atoms with Gasteiger partial charge in [-0.25, -0.2) is 8.78 Å². The molecular formula is C15H21F2NO. The number of hydrogen-bond acceptors (Lipinski definition) is 2. The van der Waals surface area contributed by atoms with E-state index in [1.165, 1.54) is 18.2 Å². The van der Waals surface area contributed by atoms with Gasteiger partial charge in [-0.15, -0.1) is 0 Å². The van der Waals surface area contributed by atoms with Crippen LogP contribution >= 0.6 is 0 Å². The lowest BCUT2D eigenvalue weighted by Gasteiger charge is -2.34. The Labute approximate surface area is 113 Å². The number of hydrogen-bond donors (Lipinski definition) is 1. The third-order valence-corrected chi connectivity index (χ3v) is 3.75. The second-order valence-corrected chi connectivity index (χ2v) is 5.29. The van der Waals surface area contributed by atoms with E-state index in [0.717, 1.165) is 19.3 Å². The molecule has 1 aromatic rings. The van der Waals surface area contributed by atoms with Crippen molar-refractivity contribution in [2.75, 3.05) is 13.2 Å². The Morgan fingerprint density at radius 1 is 1.37 bits per heavy atom. The SMILES string of the molecule is CCCNC(c1c(F)cccc1F)C1(C)CCCO1. The standard InChI is InChI=1S/C15H21F2NO/c1-3-9-18-14(15(2)8-5-10-19-15)13-11(16)6-4-7-12(13)17/h4,6-7,14,18H,3,5,8-10H2,1-2H3. The van der Waals surface area contributed by atoms with Crippen molar-refractivity contribution in [1.29, 1.82) is 0 Å². The maximum Gasteiger partial charge on any atom is 0.131 e. The van der Waals surface area contributed by atoms with Crippen molar-refractivity contribution in [2.24, 2.45) is 0 Å². The average molecular weight is 269 g/mol. The van der Waals surface area contributed by atoms with E-state index >= 15 is 0 Å². The largest absolute Gasteiger partial charge is 0.373 e. The Morgan fingerprint density at radius 3 is 2.58 bits per heavy atom. The van der Waals surface area contributed by atoms with E-state index in [4.69, 9.17) is 4.74 Å². The monoisotopic (exact) mass is 269 g/mol. The molecule has 0 aliphatic carbocycles. The van der Waals surface area contributed by atoms with Gasteiger partial charge in [-0.3, -0.25) is 0 Å². The molecule has 0 spiro atoms. The summed E-state index contributed by atoms with van der Waals surface area (Å²) in [4.78, 5) is 0. The Kier molecular flexibility index (Phi) is 4.53. The summed E-state index contributed by atoms with van der Waals surface area (Å²) in [6.07, 6.45) is 2.64. The van der Waals surface area contributed by atoms with Gasteiger partial charge in [0, 0.05) is 12.2 Å². The van der Waals surface area contributed by atoms with E-state index in [1.807, 2.05) is 13.8 Å². The molecule has 2 rings (SSSR count). The first-order valence-corrected chi connectivity index (χ1v) is 6.90. The van der Waals surface area contributed by atoms with Crippen molar-refractivity contribution in [3.8, 4) is 0 Å². The van der Waals surface area contributed by atoms with Crippen LogP contribution in [0.3, 0.4) is 0 Å². The summed E-state index contributed by atoms with van der Waals surface area (Å²) in [5.41, 5.74) is -0.446.